The van der Waals surface area contributed by atoms with E-state index in [1.165, 1.54) is 17.0 Å². The molecule has 1 atom stereocenters. The van der Waals surface area contributed by atoms with Gasteiger partial charge in [0.15, 0.2) is 0 Å². The first-order valence-corrected chi connectivity index (χ1v) is 11.9. The van der Waals surface area contributed by atoms with Gasteiger partial charge in [-0.2, -0.15) is 0 Å². The molecular formula is C29H24FN3O5. The highest BCUT2D eigenvalue weighted by atomic mass is 19.1. The number of nitrogens with one attached hydrogen (secondary N) is 1. The number of aryl methyl sites for hydroxylation is 1. The van der Waals surface area contributed by atoms with Gasteiger partial charge in [0.2, 0.25) is 0 Å². The lowest BCUT2D eigenvalue weighted by Crippen LogP contribution is -2.43. The molecule has 0 spiro atoms. The van der Waals surface area contributed by atoms with Crippen molar-refractivity contribution in [3.63, 3.8) is 0 Å². The standard InChI is InChI=1S/C29H24FN3O5/c1-18-15-21(12-13-25(18)33(35)36)38-17-20-16-19(11-14-27(20)37-2)28-31-24-9-5-3-7-22(24)29(34)32(28)26-10-6-4-8-23(26)30/h3-16,28,31H,17H2,1-2H3. The Labute approximate surface area is 218 Å². The first kappa shape index (κ1) is 24.8. The number of para-hydroxylation sites is 2. The maximum Gasteiger partial charge on any atom is 0.272 e. The number of carbonyl (C=O) groups is 1. The molecule has 0 aliphatic carbocycles. The summed E-state index contributed by atoms with van der Waals surface area (Å²) in [5.41, 5.74) is 3.11. The van der Waals surface area contributed by atoms with Gasteiger partial charge in [0, 0.05) is 22.9 Å². The average Bonchev–Trinajstić information content (AvgIpc) is 2.92. The largest absolute Gasteiger partial charge is 0.496 e. The first-order valence-electron chi connectivity index (χ1n) is 11.9. The maximum absolute atomic E-state index is 14.9. The number of amides is 1. The SMILES string of the molecule is COc1ccc(C2Nc3ccccc3C(=O)N2c2ccccc2F)cc1COc1ccc([N+](=O)[O-])c(C)c1. The lowest BCUT2D eigenvalue weighted by Gasteiger charge is -2.38. The molecule has 4 aromatic rings. The Morgan fingerprint density at radius 1 is 1.03 bits per heavy atom. The van der Waals surface area contributed by atoms with Gasteiger partial charge in [-0.25, -0.2) is 4.39 Å². The van der Waals surface area contributed by atoms with Gasteiger partial charge in [-0.15, -0.1) is 0 Å². The Morgan fingerprint density at radius 3 is 2.53 bits per heavy atom. The van der Waals surface area contributed by atoms with Crippen molar-refractivity contribution in [1.82, 2.24) is 0 Å². The zero-order valence-corrected chi connectivity index (χ0v) is 20.7. The molecule has 0 saturated carbocycles. The third kappa shape index (κ3) is 4.61. The minimum atomic E-state index is -0.708. The molecule has 1 unspecified atom stereocenters. The highest BCUT2D eigenvalue weighted by Gasteiger charge is 2.35. The summed E-state index contributed by atoms with van der Waals surface area (Å²) in [5.74, 6) is 0.183. The molecule has 9 heteroatoms. The normalized spacial score (nSPS) is 14.4. The van der Waals surface area contributed by atoms with Crippen LogP contribution in [0.15, 0.2) is 84.9 Å². The molecule has 5 rings (SSSR count). The zero-order chi connectivity index (χ0) is 26.8. The Kier molecular flexibility index (Phi) is 6.66. The van der Waals surface area contributed by atoms with Crippen LogP contribution in [0.25, 0.3) is 0 Å². The molecule has 0 saturated heterocycles. The first-order chi connectivity index (χ1) is 18.4. The summed E-state index contributed by atoms with van der Waals surface area (Å²) in [6, 6.07) is 23.2. The number of nitro groups is 1. The number of ether oxygens (including phenoxy) is 2. The highest BCUT2D eigenvalue weighted by Crippen LogP contribution is 2.39. The minimum Gasteiger partial charge on any atom is -0.496 e. The predicted octanol–water partition coefficient (Wildman–Crippen LogP) is 6.40. The van der Waals surface area contributed by atoms with Crippen LogP contribution in [0.4, 0.5) is 21.5 Å². The van der Waals surface area contributed by atoms with E-state index >= 15 is 0 Å². The van der Waals surface area contributed by atoms with E-state index in [9.17, 15) is 19.3 Å². The van der Waals surface area contributed by atoms with Crippen LogP contribution in [0.1, 0.15) is 33.2 Å². The van der Waals surface area contributed by atoms with Crippen LogP contribution in [0, 0.1) is 22.9 Å². The van der Waals surface area contributed by atoms with Crippen molar-refractivity contribution in [2.45, 2.75) is 19.7 Å². The molecule has 1 amide bonds. The fraction of sp³-hybridized carbons (Fsp3) is 0.138. The number of hydrogen-bond donors (Lipinski definition) is 1. The van der Waals surface area contributed by atoms with Crippen LogP contribution in [0.2, 0.25) is 0 Å². The Bertz CT molecular complexity index is 1540. The van der Waals surface area contributed by atoms with E-state index < -0.39 is 16.9 Å². The van der Waals surface area contributed by atoms with Crippen LogP contribution in [-0.4, -0.2) is 17.9 Å². The van der Waals surface area contributed by atoms with Crippen molar-refractivity contribution in [3.8, 4) is 11.5 Å². The fourth-order valence-electron chi connectivity index (χ4n) is 4.55. The van der Waals surface area contributed by atoms with Gasteiger partial charge in [0.05, 0.1) is 23.3 Å². The van der Waals surface area contributed by atoms with Crippen LogP contribution >= 0.6 is 0 Å². The van der Waals surface area contributed by atoms with Gasteiger partial charge < -0.3 is 14.8 Å². The van der Waals surface area contributed by atoms with E-state index in [0.29, 0.717) is 39.4 Å². The smallest absolute Gasteiger partial charge is 0.272 e. The Hall–Kier alpha value is -4.92. The van der Waals surface area contributed by atoms with Crippen molar-refractivity contribution >= 4 is 23.0 Å². The summed E-state index contributed by atoms with van der Waals surface area (Å²) in [4.78, 5) is 25.7. The molecule has 0 aromatic heterocycles. The summed E-state index contributed by atoms with van der Waals surface area (Å²) in [6.45, 7) is 1.75. The quantitative estimate of drug-likeness (QED) is 0.227. The number of anilines is 2. The van der Waals surface area contributed by atoms with E-state index in [-0.39, 0.29) is 23.9 Å². The van der Waals surface area contributed by atoms with Crippen LogP contribution in [0.5, 0.6) is 11.5 Å². The van der Waals surface area contributed by atoms with Crippen molar-refractivity contribution in [1.29, 1.82) is 0 Å². The van der Waals surface area contributed by atoms with Crippen LogP contribution in [0.3, 0.4) is 0 Å². The molecule has 8 nitrogen and oxygen atoms in total. The van der Waals surface area contributed by atoms with Gasteiger partial charge in [-0.1, -0.05) is 30.3 Å². The Balaban J connectivity index is 1.51. The van der Waals surface area contributed by atoms with Crippen molar-refractivity contribution in [2.75, 3.05) is 17.3 Å². The van der Waals surface area contributed by atoms with E-state index in [0.717, 1.165) is 0 Å². The van der Waals surface area contributed by atoms with Gasteiger partial charge in [0.1, 0.15) is 30.1 Å². The molecule has 38 heavy (non-hydrogen) atoms. The molecule has 1 heterocycles. The molecule has 1 aliphatic heterocycles. The third-order valence-electron chi connectivity index (χ3n) is 6.42. The maximum atomic E-state index is 14.9. The lowest BCUT2D eigenvalue weighted by atomic mass is 10.0. The number of carbonyl (C=O) groups excluding carboxylic acids is 1. The van der Waals surface area contributed by atoms with Crippen LogP contribution < -0.4 is 19.7 Å². The molecule has 1 N–H and O–H groups in total. The molecule has 0 bridgehead atoms. The Morgan fingerprint density at radius 2 is 1.79 bits per heavy atom. The second kappa shape index (κ2) is 10.2. The van der Waals surface area contributed by atoms with Crippen molar-refractivity contribution < 1.29 is 23.6 Å². The summed E-state index contributed by atoms with van der Waals surface area (Å²) in [7, 11) is 1.54. The van der Waals surface area contributed by atoms with E-state index in [2.05, 4.69) is 5.32 Å². The van der Waals surface area contributed by atoms with Gasteiger partial charge >= 0.3 is 0 Å². The van der Waals surface area contributed by atoms with E-state index in [4.69, 9.17) is 9.47 Å². The number of nitrogens with zero attached hydrogens (tertiary/aromatic N) is 2. The van der Waals surface area contributed by atoms with E-state index in [1.807, 2.05) is 24.3 Å². The molecule has 4 aromatic carbocycles. The average molecular weight is 514 g/mol. The van der Waals surface area contributed by atoms with Crippen molar-refractivity contribution in [3.05, 3.63) is 123 Å². The second-order valence-corrected chi connectivity index (χ2v) is 8.78. The van der Waals surface area contributed by atoms with Gasteiger partial charge in [-0.05, 0) is 61.0 Å². The monoisotopic (exact) mass is 513 g/mol. The van der Waals surface area contributed by atoms with Gasteiger partial charge in [0.25, 0.3) is 11.6 Å². The molecule has 192 valence electrons. The number of halogens is 1. The molecular weight excluding hydrogens is 489 g/mol. The molecule has 0 radical (unpaired) electrons. The summed E-state index contributed by atoms with van der Waals surface area (Å²) in [5, 5.41) is 14.5. The third-order valence-corrected chi connectivity index (χ3v) is 6.42. The summed E-state index contributed by atoms with van der Waals surface area (Å²) >= 11 is 0. The number of methoxy groups -OCH3 is 1. The number of hydrogen-bond acceptors (Lipinski definition) is 6. The topological polar surface area (TPSA) is 93.9 Å². The predicted molar refractivity (Wildman–Crippen MR) is 141 cm³/mol. The fourth-order valence-corrected chi connectivity index (χ4v) is 4.55. The number of fused-ring (bicyclic) bond motifs is 1. The highest BCUT2D eigenvalue weighted by molar-refractivity contribution is 6.12. The number of benzene rings is 4. The van der Waals surface area contributed by atoms with Crippen molar-refractivity contribution in [2.24, 2.45) is 0 Å². The second-order valence-electron chi connectivity index (χ2n) is 8.78. The van der Waals surface area contributed by atoms with Gasteiger partial charge in [-0.3, -0.25) is 19.8 Å². The van der Waals surface area contributed by atoms with E-state index in [1.54, 1.807) is 62.6 Å². The number of nitro benzene ring substituents is 1. The zero-order valence-electron chi connectivity index (χ0n) is 20.7. The van der Waals surface area contributed by atoms with Crippen LogP contribution in [-0.2, 0) is 6.61 Å². The summed E-state index contributed by atoms with van der Waals surface area (Å²) < 4.78 is 26.4. The number of rotatable bonds is 7. The minimum absolute atomic E-state index is 0.0125. The summed E-state index contributed by atoms with van der Waals surface area (Å²) in [6.07, 6.45) is -0.708. The molecule has 1 aliphatic rings. The molecule has 0 fully saturated rings. The lowest BCUT2D eigenvalue weighted by molar-refractivity contribution is -0.385.